The first-order valence-electron chi connectivity index (χ1n) is 15.4. The van der Waals surface area contributed by atoms with Crippen LogP contribution in [0.5, 0.6) is 0 Å². The van der Waals surface area contributed by atoms with Gasteiger partial charge >= 0.3 is 1460 Å². The van der Waals surface area contributed by atoms with E-state index in [2.05, 4.69) is 1020 Å². The molecule has 0 atom stereocenters. The molecule has 109 heteroatoms. The zero-order valence-corrected chi connectivity index (χ0v) is 276. The van der Waals surface area contributed by atoms with Gasteiger partial charge in [0.1, 0.15) is 0 Å². The van der Waals surface area contributed by atoms with Crippen LogP contribution in [0.4, 0.5) is 0 Å². The van der Waals surface area contributed by atoms with Crippen LogP contribution in [0.3, 0.4) is 0 Å². The van der Waals surface area contributed by atoms with Gasteiger partial charge < -0.3 is 0 Å². The first-order valence-corrected chi connectivity index (χ1v) is 694. The monoisotopic (exact) mass is 13800 g/mol. The standard InChI is InChI=1S/I109/c1-56-58(4)60(6)62(8)64(10)66(12)68(14)70(16)72(18)74(20)76(22)78(24)80(26)82(28)84(30)86(32)88(34)90(36)92(38)94(40)96(42)98(44)100(46)102(48)104(50)106(52)108(54)109(55)107(53)105(51)103(49)101(47)99(45)97(43)95(41)93(39)91(37)89(35)87(33)85(31)83(29)81(27)79(25)77(23)75(21)73(19)71(17)69(15)67(13)65(11)63(9)61(7)59(5)57(2)3/q-1. The molecule has 0 N–H and O–H groups in total. The predicted molar refractivity (Wildman–Crippen MR) is 1510 cm³/mol. The first kappa shape index (κ1) is 189. The Bertz CT molecular complexity index is 2310. The topological polar surface area (TPSA) is 0 Å². The molecule has 0 aromatic carbocycles. The van der Waals surface area contributed by atoms with Crippen molar-refractivity contribution >= 4 is 1440 Å². The SMILES string of the molecule is I[I-]I(I)I(I)I(I)I(I)I(I)I(I)I(I)I(I)I(I)I(I)I(I)I(I)I(I)I(I)I(I)I(I)I(I)I(I)I(I)I(I)I(I)I(I)I(I)I(I)I(I)I(I)I(I)I(I)I(I)I(I)I(I)I(I)I(I)I(I)I(I)I(I)I(I)I(I)I(I)I(I)I(I)I(I)I(I)I(I)I(I)I(I)I(I)I(I)I(I)I(I)I(I)I(I)I(I)I. The summed E-state index contributed by atoms with van der Waals surface area (Å²) in [5.74, 6) is 0. The van der Waals surface area contributed by atoms with Gasteiger partial charge in [-0.2, -0.15) is 0 Å². The van der Waals surface area contributed by atoms with Crippen molar-refractivity contribution in [3.05, 3.63) is 0 Å². The third kappa shape index (κ3) is 77.0. The molecular formula is I109-. The third-order valence-electron chi connectivity index (χ3n) is 4.29. The molecule has 0 rings (SSSR count). The summed E-state index contributed by atoms with van der Waals surface area (Å²) in [5, 5.41) is 0. The third-order valence-corrected chi connectivity index (χ3v) is 8680. The second-order valence-electron chi connectivity index (χ2n) is 8.64. The zero-order chi connectivity index (χ0) is 86.3. The molecule has 0 spiro atoms. The van der Waals surface area contributed by atoms with E-state index in [4.69, 9.17) is 0 Å². The van der Waals surface area contributed by atoms with Crippen LogP contribution in [0.15, 0.2) is 0 Å². The van der Waals surface area contributed by atoms with Crippen molar-refractivity contribution < 1.29 is 13.3 Å². The molecule has 0 aromatic heterocycles. The quantitative estimate of drug-likeness (QED) is 0.0533. The van der Waals surface area contributed by atoms with Gasteiger partial charge in [0.05, 0.1) is 0 Å². The predicted octanol–water partition coefficient (Wildman–Crippen LogP) is 92.7. The van der Waals surface area contributed by atoms with Crippen molar-refractivity contribution in [2.24, 2.45) is 0 Å². The summed E-state index contributed by atoms with van der Waals surface area (Å²) in [4.78, 5) is 0. The maximum atomic E-state index is 3.49. The van der Waals surface area contributed by atoms with Crippen LogP contribution < -0.4 is 13.3 Å². The Morgan fingerprint density at radius 2 is 0.138 bits per heavy atom. The Morgan fingerprint density at radius 3 is 0.193 bits per heavy atom. The molecule has 764 valence electrons. The molecule has 0 aliphatic heterocycles. The van der Waals surface area contributed by atoms with Crippen molar-refractivity contribution in [2.75, 3.05) is 0 Å². The summed E-state index contributed by atoms with van der Waals surface area (Å²) in [6.45, 7) is 0. The fourth-order valence-corrected chi connectivity index (χ4v) is 21600. The minimum absolute atomic E-state index is 0.425. The zero-order valence-electron chi connectivity index (χ0n) is 41.2. The number of rotatable bonds is 53. The van der Waals surface area contributed by atoms with Gasteiger partial charge in [-0.15, -0.1) is 0 Å². The van der Waals surface area contributed by atoms with E-state index in [0.717, 1.165) is 0 Å². The van der Waals surface area contributed by atoms with E-state index < -0.39 is 418 Å². The van der Waals surface area contributed by atoms with Gasteiger partial charge in [-0.1, -0.05) is 0 Å². The van der Waals surface area contributed by atoms with E-state index >= 15 is 0 Å². The summed E-state index contributed by atoms with van der Waals surface area (Å²) < 4.78 is 0. The molecule has 0 aromatic rings. The Kier molecular flexibility index (Phi) is 197. The molecule has 0 radical (unpaired) electrons. The summed E-state index contributed by atoms with van der Waals surface area (Å²) in [5.41, 5.74) is 0. The molecule has 0 bridgehead atoms. The van der Waals surface area contributed by atoms with E-state index in [1.807, 2.05) is 0 Å². The Hall–Kier alpha value is 79.6. The number of halogens is 109. The van der Waals surface area contributed by atoms with Gasteiger partial charge in [-0.25, -0.2) is 0 Å². The van der Waals surface area contributed by atoms with Gasteiger partial charge in [0.25, 0.3) is 0 Å². The molecule has 0 aliphatic carbocycles. The van der Waals surface area contributed by atoms with Crippen LogP contribution >= 0.6 is 1440 Å². The summed E-state index contributed by atoms with van der Waals surface area (Å²) >= 11 is 188. The average Bonchev–Trinajstić information content (AvgIpc) is 0.823. The molecular weight excluding hydrogens is 13800 g/mol. The van der Waals surface area contributed by atoms with Crippen LogP contribution in [-0.2, 0) is 0 Å². The molecule has 109 heavy (non-hydrogen) atoms. The molecule has 0 amide bonds. The molecule has 0 saturated heterocycles. The number of hydrogen-bond donors (Lipinski definition) is 0. The molecule has 0 unspecified atom stereocenters. The van der Waals surface area contributed by atoms with Gasteiger partial charge in [-0.05, 0) is 0 Å². The van der Waals surface area contributed by atoms with Crippen LogP contribution in [0.2, 0.25) is 0 Å². The van der Waals surface area contributed by atoms with Crippen LogP contribution in [-0.4, -0.2) is 0 Å². The normalized spacial score (nSPS) is 19.2. The second-order valence-corrected chi connectivity index (χ2v) is 2610. The molecule has 0 nitrogen and oxygen atoms in total. The molecule has 0 saturated carbocycles. The Labute approximate surface area is 1370 Å². The van der Waals surface area contributed by atoms with Gasteiger partial charge in [-0.3, -0.25) is 0 Å². The van der Waals surface area contributed by atoms with E-state index in [1.165, 1.54) is 0 Å². The van der Waals surface area contributed by atoms with Crippen molar-refractivity contribution in [1.82, 2.24) is 0 Å². The second kappa shape index (κ2) is 114. The first-order chi connectivity index (χ1) is 49.6. The molecule has 0 aliphatic rings. The molecule has 0 heterocycles. The van der Waals surface area contributed by atoms with Crippen LogP contribution in [0.1, 0.15) is 0 Å². The van der Waals surface area contributed by atoms with E-state index in [-0.39, 0.29) is 0 Å². The van der Waals surface area contributed by atoms with Crippen molar-refractivity contribution in [1.29, 1.82) is 0 Å². The Balaban J connectivity index is 5.93. The van der Waals surface area contributed by atoms with Crippen molar-refractivity contribution in [3.8, 4) is 0 Å². The average molecular weight is 13800 g/mol. The maximum absolute atomic E-state index is 3.49. The fourth-order valence-electron chi connectivity index (χ4n) is 1.59. The van der Waals surface area contributed by atoms with Crippen molar-refractivity contribution in [3.63, 3.8) is 0 Å². The Morgan fingerprint density at radius 1 is 0.0826 bits per heavy atom. The minimum atomic E-state index is -0.668. The van der Waals surface area contributed by atoms with E-state index in [0.29, 0.717) is 13.3 Å². The summed E-state index contributed by atoms with van der Waals surface area (Å²) in [6, 6.07) is 0. The van der Waals surface area contributed by atoms with Gasteiger partial charge in [0, 0.05) is 0 Å². The summed E-state index contributed by atoms with van der Waals surface area (Å²) in [7, 11) is -32.8. The number of hydrogen-bond acceptors (Lipinski definition) is 0. The van der Waals surface area contributed by atoms with Crippen LogP contribution in [0, 0.1) is 0 Å². The van der Waals surface area contributed by atoms with Gasteiger partial charge in [0.2, 0.25) is 0 Å². The van der Waals surface area contributed by atoms with Crippen LogP contribution in [0.25, 0.3) is 0 Å². The molecule has 0 fully saturated rings. The summed E-state index contributed by atoms with van der Waals surface area (Å²) in [6.07, 6.45) is 0. The van der Waals surface area contributed by atoms with Crippen molar-refractivity contribution in [2.45, 2.75) is 0 Å². The van der Waals surface area contributed by atoms with E-state index in [9.17, 15) is 0 Å². The van der Waals surface area contributed by atoms with E-state index in [1.54, 1.807) is 0 Å². The fraction of sp³-hybridized carbons (Fsp3) is 0. The van der Waals surface area contributed by atoms with Gasteiger partial charge in [0.15, 0.2) is 0 Å².